The van der Waals surface area contributed by atoms with Crippen molar-refractivity contribution in [2.24, 2.45) is 5.16 Å². The van der Waals surface area contributed by atoms with Gasteiger partial charge in [0.25, 0.3) is 0 Å². The van der Waals surface area contributed by atoms with Crippen LogP contribution in [0.1, 0.15) is 0 Å². The van der Waals surface area contributed by atoms with Crippen molar-refractivity contribution in [1.82, 2.24) is 0 Å². The zero-order chi connectivity index (χ0) is 18.7. The molecule has 7 heteroatoms. The van der Waals surface area contributed by atoms with Gasteiger partial charge in [-0.25, -0.2) is 0 Å². The third-order valence-electron chi connectivity index (χ3n) is 4.02. The minimum atomic E-state index is 0.207. The summed E-state index contributed by atoms with van der Waals surface area (Å²) in [7, 11) is 6.14. The lowest BCUT2D eigenvalue weighted by Crippen LogP contribution is -2.11. The average molecular weight is 357 g/mol. The first-order valence-electron chi connectivity index (χ1n) is 7.76. The van der Waals surface area contributed by atoms with E-state index in [2.05, 4.69) is 5.16 Å². The summed E-state index contributed by atoms with van der Waals surface area (Å²) in [6, 6.07) is 10.6. The Balaban J connectivity index is 2.39. The minimum Gasteiger partial charge on any atom is -0.497 e. The van der Waals surface area contributed by atoms with E-state index in [9.17, 15) is 5.21 Å². The second-order valence-corrected chi connectivity index (χ2v) is 5.34. The summed E-state index contributed by atoms with van der Waals surface area (Å²) in [5.74, 6) is 2.40. The monoisotopic (exact) mass is 357 g/mol. The summed E-state index contributed by atoms with van der Waals surface area (Å²) < 4.78 is 27.4. The Morgan fingerprint density at radius 2 is 1.54 bits per heavy atom. The van der Waals surface area contributed by atoms with Crippen LogP contribution in [0.25, 0.3) is 22.3 Å². The molecular weight excluding hydrogens is 338 g/mol. The van der Waals surface area contributed by atoms with Gasteiger partial charge >= 0.3 is 0 Å². The van der Waals surface area contributed by atoms with Crippen molar-refractivity contribution in [3.05, 3.63) is 41.8 Å². The lowest BCUT2D eigenvalue weighted by Gasteiger charge is -2.13. The van der Waals surface area contributed by atoms with Gasteiger partial charge in [0, 0.05) is 17.7 Å². The zero-order valence-corrected chi connectivity index (χ0v) is 14.9. The lowest BCUT2D eigenvalue weighted by atomic mass is 10.1. The van der Waals surface area contributed by atoms with Gasteiger partial charge in [-0.1, -0.05) is 5.16 Å². The molecule has 0 amide bonds. The van der Waals surface area contributed by atoms with Gasteiger partial charge in [-0.2, -0.15) is 0 Å². The van der Waals surface area contributed by atoms with E-state index in [-0.39, 0.29) is 11.1 Å². The van der Waals surface area contributed by atoms with E-state index >= 15 is 0 Å². The normalized spacial score (nSPS) is 11.5. The Hall–Kier alpha value is -3.35. The topological polar surface area (TPSA) is 82.7 Å². The Kier molecular flexibility index (Phi) is 4.88. The third kappa shape index (κ3) is 2.88. The maximum absolute atomic E-state index is 9.64. The minimum absolute atomic E-state index is 0.207. The van der Waals surface area contributed by atoms with Gasteiger partial charge in [0.15, 0.2) is 16.9 Å². The van der Waals surface area contributed by atoms with Crippen LogP contribution in [-0.2, 0) is 0 Å². The summed E-state index contributed by atoms with van der Waals surface area (Å²) in [6.07, 6.45) is 0. The van der Waals surface area contributed by atoms with Crippen molar-refractivity contribution in [3.63, 3.8) is 0 Å². The quantitative estimate of drug-likeness (QED) is 0.556. The van der Waals surface area contributed by atoms with Crippen molar-refractivity contribution < 1.29 is 28.6 Å². The molecule has 0 saturated heterocycles. The highest BCUT2D eigenvalue weighted by atomic mass is 16.5. The van der Waals surface area contributed by atoms with Crippen LogP contribution in [-0.4, -0.2) is 33.6 Å². The summed E-state index contributed by atoms with van der Waals surface area (Å²) in [4.78, 5) is 0. The number of hydrogen-bond donors (Lipinski definition) is 1. The largest absolute Gasteiger partial charge is 0.497 e. The molecule has 0 unspecified atom stereocenters. The molecule has 0 radical (unpaired) electrons. The predicted octanol–water partition coefficient (Wildman–Crippen LogP) is 3.42. The van der Waals surface area contributed by atoms with Crippen LogP contribution in [0.4, 0.5) is 0 Å². The van der Waals surface area contributed by atoms with Gasteiger partial charge < -0.3 is 28.6 Å². The second-order valence-electron chi connectivity index (χ2n) is 5.34. The van der Waals surface area contributed by atoms with Crippen molar-refractivity contribution in [2.75, 3.05) is 28.4 Å². The Labute approximate surface area is 150 Å². The highest BCUT2D eigenvalue weighted by molar-refractivity contribution is 5.88. The highest BCUT2D eigenvalue weighted by Gasteiger charge is 2.20. The molecule has 1 N–H and O–H groups in total. The van der Waals surface area contributed by atoms with E-state index < -0.39 is 0 Å². The Bertz CT molecular complexity index is 992. The number of rotatable bonds is 5. The van der Waals surface area contributed by atoms with E-state index in [1.165, 1.54) is 14.2 Å². The van der Waals surface area contributed by atoms with E-state index in [0.29, 0.717) is 34.0 Å². The fraction of sp³-hybridized carbons (Fsp3) is 0.211. The molecule has 7 nitrogen and oxygen atoms in total. The molecule has 1 aromatic heterocycles. The first kappa shape index (κ1) is 17.5. The van der Waals surface area contributed by atoms with Crippen LogP contribution in [0.3, 0.4) is 0 Å². The zero-order valence-electron chi connectivity index (χ0n) is 14.9. The molecule has 0 atom stereocenters. The predicted molar refractivity (Wildman–Crippen MR) is 95.2 cm³/mol. The number of hydrogen-bond acceptors (Lipinski definition) is 7. The highest BCUT2D eigenvalue weighted by Crippen LogP contribution is 2.36. The van der Waals surface area contributed by atoms with Gasteiger partial charge in [-0.05, 0) is 24.3 Å². The van der Waals surface area contributed by atoms with Crippen molar-refractivity contribution in [3.8, 4) is 34.3 Å². The van der Waals surface area contributed by atoms with Crippen LogP contribution in [0.15, 0.2) is 46.0 Å². The third-order valence-corrected chi connectivity index (χ3v) is 4.02. The van der Waals surface area contributed by atoms with Crippen LogP contribution < -0.4 is 24.3 Å². The molecule has 3 rings (SSSR count). The van der Waals surface area contributed by atoms with Crippen LogP contribution in [0, 0.1) is 0 Å². The van der Waals surface area contributed by atoms with Crippen molar-refractivity contribution in [2.45, 2.75) is 0 Å². The smallest absolute Gasteiger partial charge is 0.192 e. The van der Waals surface area contributed by atoms with Crippen molar-refractivity contribution >= 4 is 11.0 Å². The maximum Gasteiger partial charge on any atom is 0.192 e. The molecule has 0 fully saturated rings. The summed E-state index contributed by atoms with van der Waals surface area (Å²) in [5.41, 5.74) is 1.16. The van der Waals surface area contributed by atoms with Crippen LogP contribution in [0.2, 0.25) is 0 Å². The van der Waals surface area contributed by atoms with E-state index in [4.69, 9.17) is 23.4 Å². The molecular formula is C19H19NO6. The molecule has 136 valence electrons. The molecule has 0 saturated carbocycles. The summed E-state index contributed by atoms with van der Waals surface area (Å²) in [6.45, 7) is 0. The van der Waals surface area contributed by atoms with Gasteiger partial charge in [0.1, 0.15) is 22.8 Å². The summed E-state index contributed by atoms with van der Waals surface area (Å²) in [5, 5.41) is 13.8. The van der Waals surface area contributed by atoms with Gasteiger partial charge in [0.05, 0.1) is 33.8 Å². The SMILES string of the molecule is COc1ccc(-c2oc3cc(OC)cc(OC)c3c(=NO)c2OC)cc1. The lowest BCUT2D eigenvalue weighted by molar-refractivity contribution is 0.294. The van der Waals surface area contributed by atoms with Crippen LogP contribution in [0.5, 0.6) is 23.0 Å². The number of benzene rings is 2. The van der Waals surface area contributed by atoms with Crippen LogP contribution >= 0.6 is 0 Å². The average Bonchev–Trinajstić information content (AvgIpc) is 2.71. The molecule has 0 aliphatic heterocycles. The number of nitrogens with zero attached hydrogens (tertiary/aromatic N) is 1. The second kappa shape index (κ2) is 7.26. The molecule has 3 aromatic rings. The van der Waals surface area contributed by atoms with E-state index in [0.717, 1.165) is 5.56 Å². The summed E-state index contributed by atoms with van der Waals surface area (Å²) >= 11 is 0. The molecule has 1 heterocycles. The Morgan fingerprint density at radius 1 is 0.846 bits per heavy atom. The van der Waals surface area contributed by atoms with Gasteiger partial charge in [-0.3, -0.25) is 0 Å². The van der Waals surface area contributed by atoms with E-state index in [1.54, 1.807) is 38.5 Å². The van der Waals surface area contributed by atoms with Crippen molar-refractivity contribution in [1.29, 1.82) is 0 Å². The first-order valence-corrected chi connectivity index (χ1v) is 7.76. The number of ether oxygens (including phenoxy) is 4. The standard InChI is InChI=1S/C19H19NO6/c1-22-12-7-5-11(6-8-12)18-19(25-4)17(20-21)16-14(24-3)9-13(23-2)10-15(16)26-18/h5-10,21H,1-4H3. The molecule has 0 aliphatic rings. The van der Waals surface area contributed by atoms with E-state index in [1.807, 2.05) is 12.1 Å². The maximum atomic E-state index is 9.64. The fourth-order valence-electron chi connectivity index (χ4n) is 2.75. The molecule has 2 aromatic carbocycles. The van der Waals surface area contributed by atoms with Gasteiger partial charge in [-0.15, -0.1) is 0 Å². The molecule has 0 bridgehead atoms. The Morgan fingerprint density at radius 3 is 2.08 bits per heavy atom. The number of fused-ring (bicyclic) bond motifs is 1. The van der Waals surface area contributed by atoms with Gasteiger partial charge in [0.2, 0.25) is 0 Å². The first-order chi connectivity index (χ1) is 12.7. The molecule has 0 spiro atoms. The molecule has 26 heavy (non-hydrogen) atoms. The fourth-order valence-corrected chi connectivity index (χ4v) is 2.75. The number of methoxy groups -OCH3 is 4. The molecule has 0 aliphatic carbocycles.